The van der Waals surface area contributed by atoms with Gasteiger partial charge in [-0.05, 0) is 48.9 Å². The fraction of sp³-hybridized carbons (Fsp3) is 0.0625. The van der Waals surface area contributed by atoms with Gasteiger partial charge in [-0.25, -0.2) is 5.43 Å². The number of hydrogen-bond acceptors (Lipinski definition) is 4. The number of phenols is 1. The molecule has 0 fully saturated rings. The predicted molar refractivity (Wildman–Crippen MR) is 83.5 cm³/mol. The van der Waals surface area contributed by atoms with Gasteiger partial charge in [0, 0.05) is 5.69 Å². The summed E-state index contributed by atoms with van der Waals surface area (Å²) in [4.78, 5) is 23.3. The van der Waals surface area contributed by atoms with E-state index in [-0.39, 0.29) is 5.75 Å². The standard InChI is InChI=1S/C16H15N3O3/c1-11(12-7-9-14(20)10-8-12)18-19-16(22)15(21)17-13-5-3-2-4-6-13/h2-10,20H,1H3,(H,17,21)(H,19,22)/b18-11+. The molecule has 0 spiro atoms. The lowest BCUT2D eigenvalue weighted by molar-refractivity contribution is -0.136. The molecule has 0 radical (unpaired) electrons. The molecule has 6 heteroatoms. The van der Waals surface area contributed by atoms with Crippen LogP contribution in [0.25, 0.3) is 0 Å². The Balaban J connectivity index is 1.95. The number of anilines is 1. The number of rotatable bonds is 3. The molecular weight excluding hydrogens is 282 g/mol. The molecule has 2 aromatic rings. The fourth-order valence-corrected chi connectivity index (χ4v) is 1.66. The first-order valence-corrected chi connectivity index (χ1v) is 6.56. The van der Waals surface area contributed by atoms with Gasteiger partial charge in [0.2, 0.25) is 0 Å². The Morgan fingerprint density at radius 1 is 0.955 bits per heavy atom. The van der Waals surface area contributed by atoms with Gasteiger partial charge in [0.05, 0.1) is 5.71 Å². The largest absolute Gasteiger partial charge is 0.508 e. The van der Waals surface area contributed by atoms with Crippen molar-refractivity contribution in [3.63, 3.8) is 0 Å². The van der Waals surface area contributed by atoms with Crippen LogP contribution < -0.4 is 10.7 Å². The van der Waals surface area contributed by atoms with Crippen molar-refractivity contribution >= 4 is 23.2 Å². The Hall–Kier alpha value is -3.15. The van der Waals surface area contributed by atoms with Crippen molar-refractivity contribution in [1.29, 1.82) is 0 Å². The predicted octanol–water partition coefficient (Wildman–Crippen LogP) is 1.87. The van der Waals surface area contributed by atoms with Crippen molar-refractivity contribution in [3.05, 3.63) is 60.2 Å². The average Bonchev–Trinajstić information content (AvgIpc) is 2.53. The normalized spacial score (nSPS) is 10.9. The number of nitrogens with one attached hydrogen (secondary N) is 2. The third-order valence-electron chi connectivity index (χ3n) is 2.85. The van der Waals surface area contributed by atoms with Crippen molar-refractivity contribution in [2.75, 3.05) is 5.32 Å². The zero-order chi connectivity index (χ0) is 15.9. The molecule has 0 heterocycles. The molecule has 0 saturated carbocycles. The maximum atomic E-state index is 11.7. The molecule has 2 aromatic carbocycles. The van der Waals surface area contributed by atoms with E-state index in [0.717, 1.165) is 5.56 Å². The topological polar surface area (TPSA) is 90.8 Å². The van der Waals surface area contributed by atoms with Crippen molar-refractivity contribution in [2.24, 2.45) is 5.10 Å². The lowest BCUT2D eigenvalue weighted by Crippen LogP contribution is -2.32. The number of carbonyl (C=O) groups is 2. The number of para-hydroxylation sites is 1. The molecule has 0 saturated heterocycles. The SMILES string of the molecule is C/C(=N\NC(=O)C(=O)Nc1ccccc1)c1ccc(O)cc1. The van der Waals surface area contributed by atoms with Crippen molar-refractivity contribution in [2.45, 2.75) is 6.92 Å². The van der Waals surface area contributed by atoms with E-state index in [4.69, 9.17) is 0 Å². The molecule has 22 heavy (non-hydrogen) atoms. The van der Waals surface area contributed by atoms with E-state index < -0.39 is 11.8 Å². The van der Waals surface area contributed by atoms with Gasteiger partial charge in [-0.15, -0.1) is 0 Å². The number of hydrogen-bond donors (Lipinski definition) is 3. The van der Waals surface area contributed by atoms with Crippen LogP contribution in [0, 0.1) is 0 Å². The van der Waals surface area contributed by atoms with Crippen LogP contribution in [0.1, 0.15) is 12.5 Å². The fourth-order valence-electron chi connectivity index (χ4n) is 1.66. The van der Waals surface area contributed by atoms with Gasteiger partial charge in [-0.1, -0.05) is 18.2 Å². The van der Waals surface area contributed by atoms with E-state index in [0.29, 0.717) is 11.4 Å². The smallest absolute Gasteiger partial charge is 0.329 e. The first-order valence-electron chi connectivity index (χ1n) is 6.56. The molecule has 2 rings (SSSR count). The number of carbonyl (C=O) groups excluding carboxylic acids is 2. The minimum atomic E-state index is -0.859. The van der Waals surface area contributed by atoms with Crippen LogP contribution in [-0.4, -0.2) is 22.6 Å². The molecule has 0 aliphatic carbocycles. The molecule has 0 bridgehead atoms. The van der Waals surface area contributed by atoms with Gasteiger partial charge in [-0.3, -0.25) is 9.59 Å². The van der Waals surface area contributed by atoms with Crippen LogP contribution in [0.15, 0.2) is 59.7 Å². The molecule has 0 unspecified atom stereocenters. The molecule has 112 valence electrons. The molecule has 0 aromatic heterocycles. The lowest BCUT2D eigenvalue weighted by atomic mass is 10.1. The summed E-state index contributed by atoms with van der Waals surface area (Å²) < 4.78 is 0. The van der Waals surface area contributed by atoms with Crippen LogP contribution >= 0.6 is 0 Å². The number of benzene rings is 2. The Morgan fingerprint density at radius 3 is 2.23 bits per heavy atom. The third-order valence-corrected chi connectivity index (χ3v) is 2.85. The summed E-state index contributed by atoms with van der Waals surface area (Å²) in [7, 11) is 0. The Labute approximate surface area is 127 Å². The lowest BCUT2D eigenvalue weighted by Gasteiger charge is -2.04. The second-order valence-electron chi connectivity index (χ2n) is 4.51. The highest BCUT2D eigenvalue weighted by Gasteiger charge is 2.13. The number of nitrogens with zero attached hydrogens (tertiary/aromatic N) is 1. The van der Waals surface area contributed by atoms with E-state index >= 15 is 0 Å². The summed E-state index contributed by atoms with van der Waals surface area (Å²) in [6.07, 6.45) is 0. The minimum absolute atomic E-state index is 0.142. The number of aromatic hydroxyl groups is 1. The number of amides is 2. The summed E-state index contributed by atoms with van der Waals surface area (Å²) in [5, 5.41) is 15.5. The van der Waals surface area contributed by atoms with Gasteiger partial charge < -0.3 is 10.4 Å². The van der Waals surface area contributed by atoms with E-state index in [1.165, 1.54) is 12.1 Å². The molecule has 3 N–H and O–H groups in total. The van der Waals surface area contributed by atoms with E-state index in [1.807, 2.05) is 0 Å². The average molecular weight is 297 g/mol. The molecule has 0 aliphatic heterocycles. The molecule has 2 amide bonds. The van der Waals surface area contributed by atoms with Crippen LogP contribution in [-0.2, 0) is 9.59 Å². The van der Waals surface area contributed by atoms with E-state index in [1.54, 1.807) is 49.4 Å². The zero-order valence-corrected chi connectivity index (χ0v) is 11.9. The minimum Gasteiger partial charge on any atom is -0.508 e. The van der Waals surface area contributed by atoms with Crippen LogP contribution in [0.3, 0.4) is 0 Å². The first kappa shape index (κ1) is 15.2. The van der Waals surface area contributed by atoms with Gasteiger partial charge in [0.15, 0.2) is 0 Å². The van der Waals surface area contributed by atoms with Crippen molar-refractivity contribution in [3.8, 4) is 5.75 Å². The van der Waals surface area contributed by atoms with Crippen LogP contribution in [0.2, 0.25) is 0 Å². The summed E-state index contributed by atoms with van der Waals surface area (Å²) >= 11 is 0. The summed E-state index contributed by atoms with van der Waals surface area (Å²) in [5.74, 6) is -1.52. The molecule has 6 nitrogen and oxygen atoms in total. The highest BCUT2D eigenvalue weighted by atomic mass is 16.3. The zero-order valence-electron chi connectivity index (χ0n) is 11.9. The molecule has 0 atom stereocenters. The van der Waals surface area contributed by atoms with Crippen LogP contribution in [0.5, 0.6) is 5.75 Å². The monoisotopic (exact) mass is 297 g/mol. The Bertz CT molecular complexity index is 694. The third kappa shape index (κ3) is 4.17. The summed E-state index contributed by atoms with van der Waals surface area (Å²) in [5.41, 5.74) is 3.96. The molecular formula is C16H15N3O3. The quantitative estimate of drug-likeness (QED) is 0.459. The van der Waals surface area contributed by atoms with Crippen LogP contribution in [0.4, 0.5) is 5.69 Å². The summed E-state index contributed by atoms with van der Waals surface area (Å²) in [6.45, 7) is 1.68. The Kier molecular flexibility index (Phi) is 4.87. The van der Waals surface area contributed by atoms with Gasteiger partial charge >= 0.3 is 11.8 Å². The second-order valence-corrected chi connectivity index (χ2v) is 4.51. The van der Waals surface area contributed by atoms with E-state index in [9.17, 15) is 14.7 Å². The van der Waals surface area contributed by atoms with Gasteiger partial charge in [0.1, 0.15) is 5.75 Å². The van der Waals surface area contributed by atoms with Crippen molar-refractivity contribution in [1.82, 2.24) is 5.43 Å². The maximum absolute atomic E-state index is 11.7. The summed E-state index contributed by atoms with van der Waals surface area (Å²) in [6, 6.07) is 15.0. The number of phenolic OH excluding ortho intramolecular Hbond substituents is 1. The highest BCUT2D eigenvalue weighted by Crippen LogP contribution is 2.10. The number of hydrazone groups is 1. The van der Waals surface area contributed by atoms with Gasteiger partial charge in [0.25, 0.3) is 0 Å². The second kappa shape index (κ2) is 7.03. The van der Waals surface area contributed by atoms with Crippen molar-refractivity contribution < 1.29 is 14.7 Å². The maximum Gasteiger partial charge on any atom is 0.329 e. The molecule has 0 aliphatic rings. The first-order chi connectivity index (χ1) is 10.6. The Morgan fingerprint density at radius 2 is 1.59 bits per heavy atom. The van der Waals surface area contributed by atoms with Gasteiger partial charge in [-0.2, -0.15) is 5.10 Å². The highest BCUT2D eigenvalue weighted by molar-refractivity contribution is 6.39. The van der Waals surface area contributed by atoms with E-state index in [2.05, 4.69) is 15.8 Å².